The molecule has 1 saturated carbocycles. The molecule has 12 heavy (non-hydrogen) atoms. The standard InChI is InChI=1S/C10H18O2/c1-7(2)9-5-4-8(3)10(6-9)12-11/h8-11H,1,4-6H2,2-3H3/t8?,9-,10?/m1/s1. The molecule has 1 rings (SSSR count). The van der Waals surface area contributed by atoms with Gasteiger partial charge in [-0.05, 0) is 38.0 Å². The number of hydrogen-bond acceptors (Lipinski definition) is 2. The van der Waals surface area contributed by atoms with Crippen molar-refractivity contribution in [1.29, 1.82) is 0 Å². The molecule has 1 aliphatic rings. The van der Waals surface area contributed by atoms with E-state index in [0.717, 1.165) is 12.8 Å². The maximum absolute atomic E-state index is 8.63. The lowest BCUT2D eigenvalue weighted by Gasteiger charge is -2.32. The van der Waals surface area contributed by atoms with E-state index in [1.54, 1.807) is 0 Å². The summed E-state index contributed by atoms with van der Waals surface area (Å²) in [4.78, 5) is 4.44. The highest BCUT2D eigenvalue weighted by Gasteiger charge is 2.28. The van der Waals surface area contributed by atoms with E-state index in [9.17, 15) is 0 Å². The minimum atomic E-state index is 0.0143. The molecule has 0 heterocycles. The summed E-state index contributed by atoms with van der Waals surface area (Å²) in [6.07, 6.45) is 3.26. The normalized spacial score (nSPS) is 36.4. The first-order valence-corrected chi connectivity index (χ1v) is 4.60. The molecule has 3 atom stereocenters. The van der Waals surface area contributed by atoms with E-state index < -0.39 is 0 Å². The molecular weight excluding hydrogens is 152 g/mol. The Hall–Kier alpha value is -0.340. The van der Waals surface area contributed by atoms with Crippen LogP contribution in [0.1, 0.15) is 33.1 Å². The molecule has 0 aromatic carbocycles. The van der Waals surface area contributed by atoms with Crippen LogP contribution in [0.4, 0.5) is 0 Å². The Kier molecular flexibility index (Phi) is 3.29. The van der Waals surface area contributed by atoms with Crippen molar-refractivity contribution in [3.63, 3.8) is 0 Å². The van der Waals surface area contributed by atoms with Crippen molar-refractivity contribution in [3.8, 4) is 0 Å². The maximum Gasteiger partial charge on any atom is 0.0958 e. The summed E-state index contributed by atoms with van der Waals surface area (Å²) in [5.74, 6) is 1.02. The van der Waals surface area contributed by atoms with Crippen molar-refractivity contribution in [2.24, 2.45) is 11.8 Å². The van der Waals surface area contributed by atoms with Gasteiger partial charge in [0.15, 0.2) is 0 Å². The summed E-state index contributed by atoms with van der Waals surface area (Å²) in [5.41, 5.74) is 1.21. The molecule has 1 N–H and O–H groups in total. The van der Waals surface area contributed by atoms with Crippen LogP contribution in [0.25, 0.3) is 0 Å². The Balaban J connectivity index is 2.49. The van der Waals surface area contributed by atoms with Gasteiger partial charge in [0.1, 0.15) is 0 Å². The van der Waals surface area contributed by atoms with Crippen LogP contribution in [-0.2, 0) is 4.89 Å². The van der Waals surface area contributed by atoms with Gasteiger partial charge >= 0.3 is 0 Å². The summed E-state index contributed by atoms with van der Waals surface area (Å²) < 4.78 is 0. The predicted molar refractivity (Wildman–Crippen MR) is 48.8 cm³/mol. The van der Waals surface area contributed by atoms with Crippen LogP contribution in [0.15, 0.2) is 12.2 Å². The van der Waals surface area contributed by atoms with E-state index in [0.29, 0.717) is 11.8 Å². The molecule has 0 spiro atoms. The number of hydrogen-bond donors (Lipinski definition) is 1. The lowest BCUT2D eigenvalue weighted by molar-refractivity contribution is -0.296. The summed E-state index contributed by atoms with van der Waals surface area (Å²) in [6, 6.07) is 0. The first-order chi connectivity index (χ1) is 5.65. The molecule has 70 valence electrons. The zero-order valence-corrected chi connectivity index (χ0v) is 7.92. The molecule has 2 nitrogen and oxygen atoms in total. The van der Waals surface area contributed by atoms with Crippen LogP contribution in [0.3, 0.4) is 0 Å². The first kappa shape index (κ1) is 9.75. The van der Waals surface area contributed by atoms with Gasteiger partial charge in [-0.1, -0.05) is 19.1 Å². The fourth-order valence-electron chi connectivity index (χ4n) is 1.88. The average Bonchev–Trinajstić information content (AvgIpc) is 2.05. The molecule has 2 unspecified atom stereocenters. The van der Waals surface area contributed by atoms with Gasteiger partial charge in [0.05, 0.1) is 6.10 Å². The monoisotopic (exact) mass is 170 g/mol. The molecule has 0 bridgehead atoms. The van der Waals surface area contributed by atoms with Crippen LogP contribution in [0.2, 0.25) is 0 Å². The van der Waals surface area contributed by atoms with Crippen molar-refractivity contribution < 1.29 is 10.1 Å². The minimum Gasteiger partial charge on any atom is -0.252 e. The second kappa shape index (κ2) is 4.06. The van der Waals surface area contributed by atoms with E-state index in [2.05, 4.69) is 25.3 Å². The third-order valence-corrected chi connectivity index (χ3v) is 2.95. The van der Waals surface area contributed by atoms with Crippen molar-refractivity contribution in [2.75, 3.05) is 0 Å². The highest BCUT2D eigenvalue weighted by atomic mass is 17.1. The average molecular weight is 170 g/mol. The Morgan fingerprint density at radius 1 is 1.50 bits per heavy atom. The lowest BCUT2D eigenvalue weighted by Crippen LogP contribution is -2.29. The maximum atomic E-state index is 8.63. The van der Waals surface area contributed by atoms with Gasteiger partial charge in [-0.15, -0.1) is 0 Å². The Morgan fingerprint density at radius 2 is 2.17 bits per heavy atom. The molecule has 1 fully saturated rings. The molecule has 0 amide bonds. The quantitative estimate of drug-likeness (QED) is 0.392. The molecule has 2 heteroatoms. The van der Waals surface area contributed by atoms with Crippen LogP contribution in [0.5, 0.6) is 0 Å². The molecule has 0 saturated heterocycles. The third-order valence-electron chi connectivity index (χ3n) is 2.95. The van der Waals surface area contributed by atoms with E-state index in [1.165, 1.54) is 12.0 Å². The van der Waals surface area contributed by atoms with Crippen molar-refractivity contribution >= 4 is 0 Å². The second-order valence-electron chi connectivity index (χ2n) is 3.98. The predicted octanol–water partition coefficient (Wildman–Crippen LogP) is 2.86. The highest BCUT2D eigenvalue weighted by molar-refractivity contribution is 4.99. The minimum absolute atomic E-state index is 0.0143. The molecule has 0 aliphatic heterocycles. The van der Waals surface area contributed by atoms with Gasteiger partial charge in [0, 0.05) is 0 Å². The summed E-state index contributed by atoms with van der Waals surface area (Å²) >= 11 is 0. The van der Waals surface area contributed by atoms with Crippen LogP contribution >= 0.6 is 0 Å². The van der Waals surface area contributed by atoms with Gasteiger partial charge in [0.2, 0.25) is 0 Å². The van der Waals surface area contributed by atoms with E-state index >= 15 is 0 Å². The van der Waals surface area contributed by atoms with Crippen molar-refractivity contribution in [1.82, 2.24) is 0 Å². The Morgan fingerprint density at radius 3 is 2.67 bits per heavy atom. The molecular formula is C10H18O2. The van der Waals surface area contributed by atoms with Gasteiger partial charge in [-0.3, -0.25) is 5.26 Å². The summed E-state index contributed by atoms with van der Waals surface area (Å²) in [6.45, 7) is 8.11. The summed E-state index contributed by atoms with van der Waals surface area (Å²) in [7, 11) is 0. The van der Waals surface area contributed by atoms with Gasteiger partial charge < -0.3 is 0 Å². The zero-order valence-electron chi connectivity index (χ0n) is 7.92. The topological polar surface area (TPSA) is 29.5 Å². The Bertz CT molecular complexity index is 165. The molecule has 0 aromatic heterocycles. The molecule has 0 radical (unpaired) electrons. The highest BCUT2D eigenvalue weighted by Crippen LogP contribution is 2.33. The summed E-state index contributed by atoms with van der Waals surface area (Å²) in [5, 5.41) is 8.63. The van der Waals surface area contributed by atoms with E-state index in [1.807, 2.05) is 0 Å². The van der Waals surface area contributed by atoms with Crippen LogP contribution < -0.4 is 0 Å². The number of rotatable bonds is 2. The SMILES string of the molecule is C=C(C)[C@@H]1CCC(C)C(OO)C1. The van der Waals surface area contributed by atoms with Crippen molar-refractivity contribution in [2.45, 2.75) is 39.2 Å². The first-order valence-electron chi connectivity index (χ1n) is 4.60. The number of allylic oxidation sites excluding steroid dienone is 1. The van der Waals surface area contributed by atoms with Gasteiger partial charge in [0.25, 0.3) is 0 Å². The van der Waals surface area contributed by atoms with Gasteiger partial charge in [-0.25, -0.2) is 4.89 Å². The molecule has 0 aromatic rings. The van der Waals surface area contributed by atoms with Crippen LogP contribution in [0, 0.1) is 11.8 Å². The largest absolute Gasteiger partial charge is 0.252 e. The van der Waals surface area contributed by atoms with E-state index in [4.69, 9.17) is 5.26 Å². The van der Waals surface area contributed by atoms with Gasteiger partial charge in [-0.2, -0.15) is 0 Å². The third kappa shape index (κ3) is 2.08. The fourth-order valence-corrected chi connectivity index (χ4v) is 1.88. The lowest BCUT2D eigenvalue weighted by atomic mass is 9.78. The fraction of sp³-hybridized carbons (Fsp3) is 0.800. The smallest absolute Gasteiger partial charge is 0.0958 e. The second-order valence-corrected chi connectivity index (χ2v) is 3.98. The zero-order chi connectivity index (χ0) is 9.14. The van der Waals surface area contributed by atoms with Crippen molar-refractivity contribution in [3.05, 3.63) is 12.2 Å². The Labute approximate surface area is 74.2 Å². The van der Waals surface area contributed by atoms with E-state index in [-0.39, 0.29) is 6.10 Å². The van der Waals surface area contributed by atoms with Crippen LogP contribution in [-0.4, -0.2) is 11.4 Å². The molecule has 1 aliphatic carbocycles.